The van der Waals surface area contributed by atoms with Crippen LogP contribution in [0.15, 0.2) is 47.1 Å². The van der Waals surface area contributed by atoms with E-state index in [1.54, 1.807) is 32.4 Å². The second kappa shape index (κ2) is 24.0. The molecule has 1 spiro atoms. The second-order valence-electron chi connectivity index (χ2n) is 27.0. The molecule has 0 aromatic carbocycles. The van der Waals surface area contributed by atoms with E-state index in [9.17, 15) is 14.7 Å². The summed E-state index contributed by atoms with van der Waals surface area (Å²) in [6.45, 7) is 38.5. The van der Waals surface area contributed by atoms with E-state index in [-0.39, 0.29) is 58.0 Å². The van der Waals surface area contributed by atoms with Crippen molar-refractivity contribution in [1.29, 1.82) is 0 Å². The maximum absolute atomic E-state index is 14.9. The highest BCUT2D eigenvalue weighted by Crippen LogP contribution is 2.51. The summed E-state index contributed by atoms with van der Waals surface area (Å²) < 4.78 is 80.1. The maximum Gasteiger partial charge on any atom is 0.337 e. The van der Waals surface area contributed by atoms with Crippen molar-refractivity contribution in [3.8, 4) is 0 Å². The monoisotopic (exact) mass is 1120 g/mol. The number of allylic oxidation sites excluding steroid dienone is 2. The Morgan fingerprint density at radius 2 is 1.38 bits per heavy atom. The first-order valence-electron chi connectivity index (χ1n) is 29.0. The Kier molecular flexibility index (Phi) is 19.5. The van der Waals surface area contributed by atoms with Gasteiger partial charge in [0.15, 0.2) is 46.7 Å². The number of ether oxygens (including phenoxy) is 10. The predicted molar refractivity (Wildman–Crippen MR) is 300 cm³/mol. The molecule has 1 N–H and O–H groups in total. The van der Waals surface area contributed by atoms with Crippen LogP contribution in [0, 0.1) is 23.7 Å². The lowest BCUT2D eigenvalue weighted by Gasteiger charge is -2.51. The van der Waals surface area contributed by atoms with Gasteiger partial charge in [0.2, 0.25) is 0 Å². The van der Waals surface area contributed by atoms with Crippen LogP contribution in [0.4, 0.5) is 0 Å². The van der Waals surface area contributed by atoms with Crippen LogP contribution >= 0.6 is 0 Å². The van der Waals surface area contributed by atoms with Crippen LogP contribution < -0.4 is 0 Å². The Morgan fingerprint density at radius 1 is 0.779 bits per heavy atom. The van der Waals surface area contributed by atoms with E-state index in [2.05, 4.69) is 108 Å². The van der Waals surface area contributed by atoms with Gasteiger partial charge in [-0.15, -0.1) is 0 Å². The molecule has 17 heteroatoms. The van der Waals surface area contributed by atoms with Gasteiger partial charge in [-0.25, -0.2) is 4.79 Å². The molecular weight excluding hydrogens is 1020 g/mol. The average Bonchev–Trinajstić information content (AvgIpc) is 3.60. The summed E-state index contributed by atoms with van der Waals surface area (Å²) in [5, 5.41) is 13.1. The third-order valence-corrected chi connectivity index (χ3v) is 28.2. The van der Waals surface area contributed by atoms with E-state index in [1.807, 2.05) is 26.8 Å². The summed E-state index contributed by atoms with van der Waals surface area (Å²) in [7, 11) is -1.23. The fourth-order valence-electron chi connectivity index (χ4n) is 12.2. The fourth-order valence-corrected chi connectivity index (χ4v) is 14.9. The molecule has 0 aromatic heterocycles. The zero-order chi connectivity index (χ0) is 57.0. The summed E-state index contributed by atoms with van der Waals surface area (Å²) in [6.07, 6.45) is 6.94. The summed E-state index contributed by atoms with van der Waals surface area (Å²) in [5.41, 5.74) is -0.500. The molecule has 15 nitrogen and oxygen atoms in total. The van der Waals surface area contributed by atoms with Gasteiger partial charge >= 0.3 is 11.9 Å². The molecule has 5 fully saturated rings. The van der Waals surface area contributed by atoms with Gasteiger partial charge in [-0.2, -0.15) is 0 Å². The molecule has 7 aliphatic rings. The van der Waals surface area contributed by atoms with Crippen LogP contribution in [0.25, 0.3) is 0 Å². The minimum absolute atomic E-state index is 0.0255. The molecule has 77 heavy (non-hydrogen) atoms. The third kappa shape index (κ3) is 13.2. The number of hydrogen-bond donors (Lipinski definition) is 1. The van der Waals surface area contributed by atoms with Crippen molar-refractivity contribution in [1.82, 2.24) is 0 Å². The van der Waals surface area contributed by atoms with E-state index in [1.165, 1.54) is 0 Å². The first kappa shape index (κ1) is 62.5. The number of methoxy groups -OCH3 is 2. The molecule has 438 valence electrons. The molecule has 0 radical (unpaired) electrons. The predicted octanol–water partition coefficient (Wildman–Crippen LogP) is 11.2. The smallest absolute Gasteiger partial charge is 0.337 e. The number of carbonyl (C=O) groups is 2. The van der Waals surface area contributed by atoms with Crippen LogP contribution in [0.2, 0.25) is 36.3 Å². The van der Waals surface area contributed by atoms with Gasteiger partial charge in [0.05, 0.1) is 54.4 Å². The van der Waals surface area contributed by atoms with Gasteiger partial charge in [0, 0.05) is 52.2 Å². The lowest BCUT2D eigenvalue weighted by atomic mass is 9.70. The molecular formula is C60H100O15Si2. The molecule has 7 rings (SSSR count). The van der Waals surface area contributed by atoms with E-state index < -0.39 is 101 Å². The summed E-state index contributed by atoms with van der Waals surface area (Å²) in [6, 6.07) is 0. The molecule has 0 aromatic rings. The van der Waals surface area contributed by atoms with Crippen LogP contribution in [0.3, 0.4) is 0 Å². The number of aliphatic hydroxyl groups is 1. The Balaban J connectivity index is 1.19. The average molecular weight is 1120 g/mol. The highest BCUT2D eigenvalue weighted by atomic mass is 28.4. The standard InChI is InChI=1S/C60H100O15Si2/c1-21-34(2)50-37(5)27-28-59(73-50)33-42-30-41(72-59)26-25-36(4)49(69-47-31-45(64-15)52(39(7)66-47)70-48-32-46(65-16)53(40(8)67-48)75-77(19,20)58(12,13)14)35(3)23-22-24-43-55(61)71-54-51(74-76(17,18)57(9,10)11)38(6)29-44(56(62)68-42)60(43,54)63/h22-25,29,34-35,37,39-42,44-54,63H,21,26-28,30-33H2,1-20H3/t34-,35-,37-,39-,40-,41+,42-,44-,45-,46-,47-,48-,49-,50+,51+,52-,53-,54+,59+,60+/m0/s1. The van der Waals surface area contributed by atoms with Crippen molar-refractivity contribution >= 4 is 28.6 Å². The van der Waals surface area contributed by atoms with Crippen molar-refractivity contribution < 1.29 is 70.9 Å². The minimum atomic E-state index is -2.51. The topological polar surface area (TPSA) is 165 Å². The molecule has 2 bridgehead atoms. The fraction of sp³-hybridized carbons (Fsp3) is 0.833. The quantitative estimate of drug-likeness (QED) is 0.111. The normalized spacial score (nSPS) is 41.2. The SMILES string of the molecule is CC[C@H](C)[C@H]1O[C@]2(CC[C@@H]1C)C[C@@H]1C[C@@H](CC=C(C)[C@@H](O[C@H]3C[C@H](OC)[C@@H](O[C@H]4C[C@H](OC)[C@@H](O[Si](C)(C)C(C)(C)C)[C@H](C)O4)[C@H](C)O3)[C@@H](C)C=CC=C3C(=O)O[C@@H]4[C@H](O[Si](C)(C)C(C)(C)C)C(C)=C[C@@H](C(=O)O1)[C@]34O)O2. The van der Waals surface area contributed by atoms with Crippen LogP contribution in [-0.2, 0) is 65.8 Å². The van der Waals surface area contributed by atoms with Crippen molar-refractivity contribution in [2.24, 2.45) is 23.7 Å². The zero-order valence-electron chi connectivity index (χ0n) is 50.6. The van der Waals surface area contributed by atoms with E-state index in [0.717, 1.165) is 18.4 Å². The Hall–Kier alpha value is -2.11. The minimum Gasteiger partial charge on any atom is -0.462 e. The highest BCUT2D eigenvalue weighted by Gasteiger charge is 2.65. The lowest BCUT2D eigenvalue weighted by molar-refractivity contribution is -0.340. The molecule has 0 unspecified atom stereocenters. The Labute approximate surface area is 464 Å². The van der Waals surface area contributed by atoms with Crippen molar-refractivity contribution in [2.75, 3.05) is 14.2 Å². The van der Waals surface area contributed by atoms with Crippen LogP contribution in [-0.4, -0.2) is 145 Å². The van der Waals surface area contributed by atoms with Crippen molar-refractivity contribution in [3.05, 3.63) is 47.1 Å². The number of rotatable bonds is 12. The third-order valence-electron chi connectivity index (χ3n) is 19.3. The van der Waals surface area contributed by atoms with Crippen LogP contribution in [0.1, 0.15) is 148 Å². The Morgan fingerprint density at radius 3 is 1.99 bits per heavy atom. The molecule has 6 heterocycles. The Bertz CT molecular complexity index is 2190. The zero-order valence-corrected chi connectivity index (χ0v) is 52.6. The first-order valence-corrected chi connectivity index (χ1v) is 34.9. The van der Waals surface area contributed by atoms with Crippen molar-refractivity contribution in [2.45, 2.75) is 282 Å². The van der Waals surface area contributed by atoms with Gasteiger partial charge < -0.3 is 61.3 Å². The summed E-state index contributed by atoms with van der Waals surface area (Å²) >= 11 is 0. The first-order chi connectivity index (χ1) is 35.8. The number of fused-ring (bicyclic) bond motifs is 2. The van der Waals surface area contributed by atoms with E-state index >= 15 is 0 Å². The molecule has 1 aliphatic carbocycles. The second-order valence-corrected chi connectivity index (χ2v) is 36.6. The molecule has 0 amide bonds. The number of hydrogen-bond acceptors (Lipinski definition) is 15. The van der Waals surface area contributed by atoms with E-state index in [4.69, 9.17) is 56.2 Å². The van der Waals surface area contributed by atoms with Gasteiger partial charge in [0.25, 0.3) is 0 Å². The molecule has 6 aliphatic heterocycles. The number of carbonyl (C=O) groups excluding carboxylic acids is 2. The van der Waals surface area contributed by atoms with Gasteiger partial charge in [-0.1, -0.05) is 100.0 Å². The molecule has 5 saturated heterocycles. The van der Waals surface area contributed by atoms with Gasteiger partial charge in [-0.05, 0) is 106 Å². The number of esters is 2. The highest BCUT2D eigenvalue weighted by molar-refractivity contribution is 6.74. The lowest BCUT2D eigenvalue weighted by Crippen LogP contribution is -2.60. The largest absolute Gasteiger partial charge is 0.462 e. The summed E-state index contributed by atoms with van der Waals surface area (Å²) in [5.74, 6) is -3.28. The van der Waals surface area contributed by atoms with Gasteiger partial charge in [0.1, 0.15) is 24.2 Å². The molecule has 0 saturated carbocycles. The summed E-state index contributed by atoms with van der Waals surface area (Å²) in [4.78, 5) is 29.2. The van der Waals surface area contributed by atoms with E-state index in [0.29, 0.717) is 50.0 Å². The maximum atomic E-state index is 14.9. The molecule has 20 atom stereocenters. The van der Waals surface area contributed by atoms with Crippen molar-refractivity contribution in [3.63, 3.8) is 0 Å². The van der Waals surface area contributed by atoms with Crippen LogP contribution in [0.5, 0.6) is 0 Å². The van der Waals surface area contributed by atoms with Gasteiger partial charge in [-0.3, -0.25) is 4.79 Å².